The maximum Gasteiger partial charge on any atom is 0.253 e. The van der Waals surface area contributed by atoms with Gasteiger partial charge in [-0.2, -0.15) is 0 Å². The molecule has 0 radical (unpaired) electrons. The van der Waals surface area contributed by atoms with E-state index in [1.54, 1.807) is 6.20 Å². The van der Waals surface area contributed by atoms with Gasteiger partial charge < -0.3 is 20.3 Å². The largest absolute Gasteiger partial charge is 0.494 e. The van der Waals surface area contributed by atoms with E-state index < -0.39 is 0 Å². The van der Waals surface area contributed by atoms with Crippen LogP contribution in [0.25, 0.3) is 0 Å². The summed E-state index contributed by atoms with van der Waals surface area (Å²) in [5.74, 6) is 2.53. The van der Waals surface area contributed by atoms with Crippen molar-refractivity contribution in [1.82, 2.24) is 9.88 Å². The van der Waals surface area contributed by atoms with Crippen molar-refractivity contribution in [2.45, 2.75) is 51.6 Å². The molecular weight excluding hydrogens is 390 g/mol. The van der Waals surface area contributed by atoms with Gasteiger partial charge in [0.1, 0.15) is 11.6 Å². The topological polar surface area (TPSA) is 78.8 Å². The van der Waals surface area contributed by atoms with Gasteiger partial charge in [0.25, 0.3) is 5.91 Å². The Morgan fingerprint density at radius 2 is 1.90 bits per heavy atom. The number of hydrogen-bond acceptors (Lipinski definition) is 5. The highest BCUT2D eigenvalue weighted by Crippen LogP contribution is 2.37. The Bertz CT molecular complexity index is 970. The van der Waals surface area contributed by atoms with Crippen LogP contribution >= 0.6 is 0 Å². The van der Waals surface area contributed by atoms with E-state index in [1.165, 1.54) is 0 Å². The minimum Gasteiger partial charge on any atom is -0.494 e. The van der Waals surface area contributed by atoms with Crippen molar-refractivity contribution in [3.05, 3.63) is 48.2 Å². The number of aliphatic imine (C=N–C) groups is 1. The fourth-order valence-corrected chi connectivity index (χ4v) is 4.12. The molecule has 1 amide bonds. The Hall–Kier alpha value is -3.09. The number of carbonyl (C=O) groups is 1. The van der Waals surface area contributed by atoms with Gasteiger partial charge in [0.15, 0.2) is 5.82 Å². The minimum absolute atomic E-state index is 0.0537. The number of benzene rings is 1. The third kappa shape index (κ3) is 4.50. The van der Waals surface area contributed by atoms with Crippen molar-refractivity contribution in [3.63, 3.8) is 0 Å². The van der Waals surface area contributed by atoms with Crippen LogP contribution in [0, 0.1) is 0 Å². The predicted molar refractivity (Wildman–Crippen MR) is 124 cm³/mol. The highest BCUT2D eigenvalue weighted by Gasteiger charge is 2.44. The van der Waals surface area contributed by atoms with Crippen molar-refractivity contribution in [3.8, 4) is 5.75 Å². The molecular formula is C24H31N5O2. The number of pyridine rings is 1. The summed E-state index contributed by atoms with van der Waals surface area (Å²) in [7, 11) is 0. The Kier molecular flexibility index (Phi) is 5.60. The molecule has 2 aliphatic rings. The van der Waals surface area contributed by atoms with Crippen LogP contribution in [0.5, 0.6) is 5.75 Å². The van der Waals surface area contributed by atoms with E-state index in [-0.39, 0.29) is 17.0 Å². The molecule has 7 nitrogen and oxygen atoms in total. The molecule has 7 heteroatoms. The fraction of sp³-hybridized carbons (Fsp3) is 0.458. The number of hydrogen-bond donors (Lipinski definition) is 2. The van der Waals surface area contributed by atoms with Gasteiger partial charge in [0, 0.05) is 24.8 Å². The number of amides is 1. The number of carbonyl (C=O) groups excluding carboxylic acids is 1. The monoisotopic (exact) mass is 421 g/mol. The Balaban J connectivity index is 1.53. The number of amidine groups is 1. The molecule has 2 aromatic rings. The lowest BCUT2D eigenvalue weighted by molar-refractivity contribution is 0.0704. The number of anilines is 2. The van der Waals surface area contributed by atoms with E-state index in [4.69, 9.17) is 9.73 Å². The van der Waals surface area contributed by atoms with Crippen LogP contribution in [-0.4, -0.2) is 52.4 Å². The SMILES string of the molecule is CCOc1ccc(C(=O)N2CCC3(CC2)Nc2cccnc2NC3=NC(C)(C)C)cc1. The predicted octanol–water partition coefficient (Wildman–Crippen LogP) is 4.19. The number of ether oxygens (including phenoxy) is 1. The average molecular weight is 422 g/mol. The number of rotatable bonds is 3. The van der Waals surface area contributed by atoms with Crippen LogP contribution in [0.3, 0.4) is 0 Å². The zero-order valence-corrected chi connectivity index (χ0v) is 18.7. The Labute approximate surface area is 183 Å². The number of aromatic nitrogens is 1. The van der Waals surface area contributed by atoms with E-state index in [1.807, 2.05) is 48.2 Å². The standard InChI is InChI=1S/C24H31N5O2/c1-5-31-18-10-8-17(9-11-18)21(30)29-15-12-24(13-16-29)22(28-23(2,3)4)26-20-19(27-24)7-6-14-25-20/h6-11,14,27H,5,12-13,15-16H2,1-4H3,(H,25,26,28). The Morgan fingerprint density at radius 3 is 2.55 bits per heavy atom. The van der Waals surface area contributed by atoms with Gasteiger partial charge in [-0.05, 0) is 76.9 Å². The van der Waals surface area contributed by atoms with E-state index in [0.717, 1.165) is 35.9 Å². The first kappa shape index (κ1) is 21.2. The van der Waals surface area contributed by atoms with Crippen LogP contribution in [0.15, 0.2) is 47.6 Å². The van der Waals surface area contributed by atoms with Crippen LogP contribution in [-0.2, 0) is 0 Å². The highest BCUT2D eigenvalue weighted by atomic mass is 16.5. The summed E-state index contributed by atoms with van der Waals surface area (Å²) < 4.78 is 5.48. The second-order valence-electron chi connectivity index (χ2n) is 9.11. The van der Waals surface area contributed by atoms with Crippen molar-refractivity contribution in [2.24, 2.45) is 4.99 Å². The van der Waals surface area contributed by atoms with Gasteiger partial charge >= 0.3 is 0 Å². The second kappa shape index (κ2) is 8.21. The first-order valence-corrected chi connectivity index (χ1v) is 10.9. The van der Waals surface area contributed by atoms with Crippen LogP contribution in [0.2, 0.25) is 0 Å². The van der Waals surface area contributed by atoms with E-state index >= 15 is 0 Å². The van der Waals surface area contributed by atoms with Gasteiger partial charge in [-0.25, -0.2) is 4.98 Å². The van der Waals surface area contributed by atoms with Gasteiger partial charge in [-0.1, -0.05) is 0 Å². The molecule has 31 heavy (non-hydrogen) atoms. The molecule has 164 valence electrons. The van der Waals surface area contributed by atoms with Crippen LogP contribution < -0.4 is 15.4 Å². The van der Waals surface area contributed by atoms with Crippen LogP contribution in [0.4, 0.5) is 11.5 Å². The van der Waals surface area contributed by atoms with E-state index in [2.05, 4.69) is 36.4 Å². The highest BCUT2D eigenvalue weighted by molar-refractivity contribution is 6.09. The third-order valence-electron chi connectivity index (χ3n) is 5.64. The number of nitrogens with zero attached hydrogens (tertiary/aromatic N) is 3. The average Bonchev–Trinajstić information content (AvgIpc) is 2.74. The normalized spacial score (nSPS) is 18.8. The maximum atomic E-state index is 13.1. The van der Waals surface area contributed by atoms with Crippen molar-refractivity contribution >= 4 is 23.2 Å². The summed E-state index contributed by atoms with van der Waals surface area (Å²) in [5.41, 5.74) is 1.10. The number of nitrogens with one attached hydrogen (secondary N) is 2. The molecule has 0 aliphatic carbocycles. The van der Waals surface area contributed by atoms with Crippen molar-refractivity contribution in [2.75, 3.05) is 30.3 Å². The minimum atomic E-state index is -0.334. The lowest BCUT2D eigenvalue weighted by atomic mass is 9.83. The number of likely N-dealkylation sites (tertiary alicyclic amines) is 1. The number of fused-ring (bicyclic) bond motifs is 1. The van der Waals surface area contributed by atoms with Gasteiger partial charge in [0.2, 0.25) is 0 Å². The van der Waals surface area contributed by atoms with Crippen molar-refractivity contribution in [1.29, 1.82) is 0 Å². The summed E-state index contributed by atoms with van der Waals surface area (Å²) in [6.07, 6.45) is 3.32. The molecule has 1 saturated heterocycles. The zero-order valence-electron chi connectivity index (χ0n) is 18.7. The Morgan fingerprint density at radius 1 is 1.19 bits per heavy atom. The zero-order chi connectivity index (χ0) is 22.1. The smallest absolute Gasteiger partial charge is 0.253 e. The molecule has 1 aromatic heterocycles. The first-order chi connectivity index (χ1) is 14.8. The second-order valence-corrected chi connectivity index (χ2v) is 9.11. The van der Waals surface area contributed by atoms with E-state index in [0.29, 0.717) is 25.3 Å². The molecule has 0 unspecified atom stereocenters. The van der Waals surface area contributed by atoms with Crippen LogP contribution in [0.1, 0.15) is 50.9 Å². The summed E-state index contributed by atoms with van der Waals surface area (Å²) in [6.45, 7) is 10.1. The molecule has 0 saturated carbocycles. The van der Waals surface area contributed by atoms with E-state index in [9.17, 15) is 4.79 Å². The summed E-state index contributed by atoms with van der Waals surface area (Å²) >= 11 is 0. The molecule has 2 N–H and O–H groups in total. The lowest BCUT2D eigenvalue weighted by Crippen LogP contribution is -2.59. The van der Waals surface area contributed by atoms with Gasteiger partial charge in [-0.15, -0.1) is 0 Å². The molecule has 1 aromatic carbocycles. The van der Waals surface area contributed by atoms with Gasteiger partial charge in [0.05, 0.1) is 23.4 Å². The van der Waals surface area contributed by atoms with Gasteiger partial charge in [-0.3, -0.25) is 9.79 Å². The fourth-order valence-electron chi connectivity index (χ4n) is 4.12. The summed E-state index contributed by atoms with van der Waals surface area (Å²) in [6, 6.07) is 11.3. The molecule has 4 rings (SSSR count). The summed E-state index contributed by atoms with van der Waals surface area (Å²) in [5, 5.41) is 7.16. The first-order valence-electron chi connectivity index (χ1n) is 10.9. The number of piperidine rings is 1. The van der Waals surface area contributed by atoms with Crippen molar-refractivity contribution < 1.29 is 9.53 Å². The molecule has 1 spiro atoms. The molecule has 0 atom stereocenters. The maximum absolute atomic E-state index is 13.1. The molecule has 3 heterocycles. The quantitative estimate of drug-likeness (QED) is 0.777. The molecule has 1 fully saturated rings. The third-order valence-corrected chi connectivity index (χ3v) is 5.64. The lowest BCUT2D eigenvalue weighted by Gasteiger charge is -2.46. The summed E-state index contributed by atoms with van der Waals surface area (Å²) in [4.78, 5) is 24.4. The molecule has 2 aliphatic heterocycles. The molecule has 0 bridgehead atoms.